The highest BCUT2D eigenvalue weighted by molar-refractivity contribution is 5.85. The van der Waals surface area contributed by atoms with Crippen molar-refractivity contribution in [2.24, 2.45) is 11.7 Å². The lowest BCUT2D eigenvalue weighted by Crippen LogP contribution is -2.44. The third kappa shape index (κ3) is 4.80. The van der Waals surface area contributed by atoms with Crippen molar-refractivity contribution in [2.75, 3.05) is 6.54 Å². The van der Waals surface area contributed by atoms with Crippen LogP contribution in [-0.2, 0) is 11.3 Å². The van der Waals surface area contributed by atoms with Crippen LogP contribution < -0.4 is 11.1 Å². The third-order valence-electron chi connectivity index (χ3n) is 3.60. The van der Waals surface area contributed by atoms with E-state index in [-0.39, 0.29) is 24.4 Å². The van der Waals surface area contributed by atoms with Gasteiger partial charge in [0.2, 0.25) is 5.91 Å². The predicted octanol–water partition coefficient (Wildman–Crippen LogP) is 0.724. The van der Waals surface area contributed by atoms with Gasteiger partial charge in [-0.3, -0.25) is 9.48 Å². The second-order valence-electron chi connectivity index (χ2n) is 4.87. The summed E-state index contributed by atoms with van der Waals surface area (Å²) in [4.78, 5) is 11.9. The molecule has 1 aromatic heterocycles. The number of amides is 1. The summed E-state index contributed by atoms with van der Waals surface area (Å²) < 4.78 is 1.67. The Morgan fingerprint density at radius 3 is 2.89 bits per heavy atom. The van der Waals surface area contributed by atoms with Gasteiger partial charge in [-0.1, -0.05) is 18.1 Å². The number of carbonyl (C=O) groups excluding carboxylic acids is 1. The van der Waals surface area contributed by atoms with Crippen molar-refractivity contribution in [2.45, 2.75) is 44.7 Å². The molecule has 2 atom stereocenters. The standard InChI is InChI=1S/C12H21N5O.ClH/c13-9-10-3-1-2-4-11(10)15-12(18)5-7-17-8-6-14-16-17;/h6,8,10-11H,1-5,7,9,13H2,(H,15,18);1H. The highest BCUT2D eigenvalue weighted by atomic mass is 35.5. The maximum Gasteiger partial charge on any atom is 0.222 e. The van der Waals surface area contributed by atoms with Gasteiger partial charge in [0, 0.05) is 18.7 Å². The molecule has 1 aliphatic rings. The molecular formula is C12H22ClN5O. The summed E-state index contributed by atoms with van der Waals surface area (Å²) in [5.74, 6) is 0.518. The summed E-state index contributed by atoms with van der Waals surface area (Å²) in [7, 11) is 0. The molecule has 7 heteroatoms. The van der Waals surface area contributed by atoms with Crippen LogP contribution in [0.15, 0.2) is 12.4 Å². The van der Waals surface area contributed by atoms with Crippen molar-refractivity contribution in [1.82, 2.24) is 20.3 Å². The van der Waals surface area contributed by atoms with Crippen molar-refractivity contribution in [3.05, 3.63) is 12.4 Å². The van der Waals surface area contributed by atoms with E-state index in [9.17, 15) is 4.79 Å². The highest BCUT2D eigenvalue weighted by Crippen LogP contribution is 2.23. The third-order valence-corrected chi connectivity index (χ3v) is 3.60. The smallest absolute Gasteiger partial charge is 0.222 e. The van der Waals surface area contributed by atoms with Gasteiger partial charge in [0.1, 0.15) is 0 Å². The minimum atomic E-state index is 0. The van der Waals surface area contributed by atoms with Crippen LogP contribution in [0.1, 0.15) is 32.1 Å². The number of nitrogens with one attached hydrogen (secondary N) is 1. The molecule has 0 saturated heterocycles. The Labute approximate surface area is 119 Å². The van der Waals surface area contributed by atoms with E-state index in [0.717, 1.165) is 12.8 Å². The zero-order valence-corrected chi connectivity index (χ0v) is 11.8. The minimum absolute atomic E-state index is 0. The summed E-state index contributed by atoms with van der Waals surface area (Å²) in [5, 5.41) is 10.6. The number of aryl methyl sites for hydroxylation is 1. The second-order valence-corrected chi connectivity index (χ2v) is 4.87. The van der Waals surface area contributed by atoms with Crippen LogP contribution >= 0.6 is 12.4 Å². The Bertz CT molecular complexity index is 370. The molecule has 19 heavy (non-hydrogen) atoms. The van der Waals surface area contributed by atoms with Crippen LogP contribution in [0.5, 0.6) is 0 Å². The van der Waals surface area contributed by atoms with Gasteiger partial charge >= 0.3 is 0 Å². The topological polar surface area (TPSA) is 85.8 Å². The van der Waals surface area contributed by atoms with Crippen molar-refractivity contribution >= 4 is 18.3 Å². The molecule has 6 nitrogen and oxygen atoms in total. The molecule has 1 heterocycles. The number of nitrogens with two attached hydrogens (primary N) is 1. The van der Waals surface area contributed by atoms with Crippen LogP contribution in [0.4, 0.5) is 0 Å². The van der Waals surface area contributed by atoms with E-state index in [2.05, 4.69) is 15.6 Å². The zero-order valence-electron chi connectivity index (χ0n) is 11.0. The summed E-state index contributed by atoms with van der Waals surface area (Å²) in [6.07, 6.45) is 8.41. The van der Waals surface area contributed by atoms with E-state index in [1.54, 1.807) is 17.1 Å². The van der Waals surface area contributed by atoms with Crippen LogP contribution in [0.2, 0.25) is 0 Å². The average Bonchev–Trinajstić information content (AvgIpc) is 2.90. The Morgan fingerprint density at radius 1 is 1.42 bits per heavy atom. The van der Waals surface area contributed by atoms with Gasteiger partial charge in [0.25, 0.3) is 0 Å². The van der Waals surface area contributed by atoms with E-state index in [0.29, 0.717) is 25.4 Å². The molecule has 1 aromatic rings. The Morgan fingerprint density at radius 2 is 2.21 bits per heavy atom. The van der Waals surface area contributed by atoms with Gasteiger partial charge in [-0.15, -0.1) is 17.5 Å². The number of aromatic nitrogens is 3. The van der Waals surface area contributed by atoms with Crippen LogP contribution in [0.25, 0.3) is 0 Å². The quantitative estimate of drug-likeness (QED) is 0.836. The van der Waals surface area contributed by atoms with Crippen molar-refractivity contribution in [1.29, 1.82) is 0 Å². The van der Waals surface area contributed by atoms with Gasteiger partial charge in [0.05, 0.1) is 12.7 Å². The fourth-order valence-electron chi connectivity index (χ4n) is 2.53. The largest absolute Gasteiger partial charge is 0.353 e. The first-order valence-electron chi connectivity index (χ1n) is 6.63. The van der Waals surface area contributed by atoms with Crippen molar-refractivity contribution < 1.29 is 4.79 Å². The molecule has 1 aliphatic carbocycles. The van der Waals surface area contributed by atoms with Crippen LogP contribution in [0, 0.1) is 5.92 Å². The van der Waals surface area contributed by atoms with E-state index in [1.165, 1.54) is 12.8 Å². The Balaban J connectivity index is 0.00000180. The first-order valence-corrected chi connectivity index (χ1v) is 6.63. The zero-order chi connectivity index (χ0) is 12.8. The van der Waals surface area contributed by atoms with E-state index >= 15 is 0 Å². The summed E-state index contributed by atoms with van der Waals surface area (Å²) in [6, 6.07) is 0.256. The van der Waals surface area contributed by atoms with Gasteiger partial charge in [0.15, 0.2) is 0 Å². The molecule has 3 N–H and O–H groups in total. The Kier molecular flexibility index (Phi) is 6.80. The maximum atomic E-state index is 11.9. The molecule has 0 radical (unpaired) electrons. The van der Waals surface area contributed by atoms with Crippen molar-refractivity contribution in [3.63, 3.8) is 0 Å². The van der Waals surface area contributed by atoms with Gasteiger partial charge in [-0.2, -0.15) is 0 Å². The van der Waals surface area contributed by atoms with Crippen LogP contribution in [-0.4, -0.2) is 33.5 Å². The van der Waals surface area contributed by atoms with E-state index < -0.39 is 0 Å². The van der Waals surface area contributed by atoms with E-state index in [1.807, 2.05) is 0 Å². The lowest BCUT2D eigenvalue weighted by Gasteiger charge is -2.31. The monoisotopic (exact) mass is 287 g/mol. The molecule has 0 aliphatic heterocycles. The first-order chi connectivity index (χ1) is 8.79. The summed E-state index contributed by atoms with van der Waals surface area (Å²) in [6.45, 7) is 1.24. The molecule has 1 saturated carbocycles. The summed E-state index contributed by atoms with van der Waals surface area (Å²) >= 11 is 0. The molecule has 0 aromatic carbocycles. The molecule has 2 rings (SSSR count). The normalized spacial score (nSPS) is 22.6. The fourth-order valence-corrected chi connectivity index (χ4v) is 2.53. The van der Waals surface area contributed by atoms with Gasteiger partial charge in [-0.25, -0.2) is 0 Å². The molecule has 1 fully saturated rings. The molecular weight excluding hydrogens is 266 g/mol. The average molecular weight is 288 g/mol. The minimum Gasteiger partial charge on any atom is -0.353 e. The number of rotatable bonds is 5. The lowest BCUT2D eigenvalue weighted by atomic mass is 9.84. The molecule has 2 unspecified atom stereocenters. The molecule has 108 valence electrons. The molecule has 1 amide bonds. The number of nitrogens with zero attached hydrogens (tertiary/aromatic N) is 3. The lowest BCUT2D eigenvalue weighted by molar-refractivity contribution is -0.122. The number of carbonyl (C=O) groups is 1. The van der Waals surface area contributed by atoms with E-state index in [4.69, 9.17) is 5.73 Å². The number of hydrogen-bond donors (Lipinski definition) is 2. The molecule has 0 spiro atoms. The maximum absolute atomic E-state index is 11.9. The van der Waals surface area contributed by atoms with Gasteiger partial charge in [-0.05, 0) is 25.3 Å². The van der Waals surface area contributed by atoms with Gasteiger partial charge < -0.3 is 11.1 Å². The van der Waals surface area contributed by atoms with Crippen LogP contribution in [0.3, 0.4) is 0 Å². The first kappa shape index (κ1) is 15.9. The highest BCUT2D eigenvalue weighted by Gasteiger charge is 2.24. The fraction of sp³-hybridized carbons (Fsp3) is 0.750. The number of halogens is 1. The SMILES string of the molecule is Cl.NCC1CCCCC1NC(=O)CCn1ccnn1. The predicted molar refractivity (Wildman–Crippen MR) is 74.8 cm³/mol. The number of hydrogen-bond acceptors (Lipinski definition) is 4. The summed E-state index contributed by atoms with van der Waals surface area (Å²) in [5.41, 5.74) is 5.75. The molecule has 0 bridgehead atoms. The Hall–Kier alpha value is -1.14. The second kappa shape index (κ2) is 8.12. The van der Waals surface area contributed by atoms with Crippen molar-refractivity contribution in [3.8, 4) is 0 Å².